The average molecular weight is 613 g/mol. The molecule has 5 atom stereocenters. The number of halogens is 1. The number of benzene rings is 2. The Labute approximate surface area is 252 Å². The molecule has 42 heavy (non-hydrogen) atoms. The predicted molar refractivity (Wildman–Crippen MR) is 161 cm³/mol. The minimum Gasteiger partial charge on any atom is -0.490 e. The molecule has 2 fully saturated rings. The number of amides is 1. The van der Waals surface area contributed by atoms with Crippen molar-refractivity contribution in [1.82, 2.24) is 4.72 Å². The Bertz CT molecular complexity index is 1550. The van der Waals surface area contributed by atoms with Gasteiger partial charge in [0.2, 0.25) is 10.0 Å². The molecule has 1 spiro atoms. The van der Waals surface area contributed by atoms with Crippen LogP contribution in [0.3, 0.4) is 0 Å². The van der Waals surface area contributed by atoms with E-state index in [0.29, 0.717) is 44.3 Å². The molecule has 2 N–H and O–H groups in total. The van der Waals surface area contributed by atoms with Crippen LogP contribution in [0.25, 0.3) is 0 Å². The number of sulfonamides is 1. The second-order valence-corrected chi connectivity index (χ2v) is 15.1. The van der Waals surface area contributed by atoms with Gasteiger partial charge in [0.1, 0.15) is 5.75 Å². The van der Waals surface area contributed by atoms with E-state index in [1.807, 2.05) is 6.07 Å². The maximum Gasteiger partial charge on any atom is 0.264 e. The van der Waals surface area contributed by atoms with Crippen molar-refractivity contribution in [3.63, 3.8) is 0 Å². The molecule has 8 nitrogen and oxygen atoms in total. The number of aryl methyl sites for hydroxylation is 1. The predicted octanol–water partition coefficient (Wildman–Crippen LogP) is 4.38. The maximum atomic E-state index is 13.2. The van der Waals surface area contributed by atoms with Crippen molar-refractivity contribution < 1.29 is 27.8 Å². The van der Waals surface area contributed by atoms with Crippen molar-refractivity contribution in [2.24, 2.45) is 11.8 Å². The zero-order chi connectivity index (χ0) is 29.1. The summed E-state index contributed by atoms with van der Waals surface area (Å²) in [6, 6.07) is 11.4. The lowest BCUT2D eigenvalue weighted by Crippen LogP contribution is -2.52. The van der Waals surface area contributed by atoms with Crippen LogP contribution in [0.15, 0.2) is 48.6 Å². The second-order valence-electron chi connectivity index (χ2n) is 12.9. The van der Waals surface area contributed by atoms with Crippen LogP contribution in [-0.4, -0.2) is 63.2 Å². The van der Waals surface area contributed by atoms with E-state index in [2.05, 4.69) is 21.8 Å². The molecule has 224 valence electrons. The first-order valence-electron chi connectivity index (χ1n) is 15.0. The van der Waals surface area contributed by atoms with Gasteiger partial charge in [0.15, 0.2) is 0 Å². The quantitative estimate of drug-likeness (QED) is 0.426. The lowest BCUT2D eigenvalue weighted by molar-refractivity contribution is -0.125. The van der Waals surface area contributed by atoms with Crippen molar-refractivity contribution in [3.8, 4) is 5.75 Å². The number of fused-ring (bicyclic) bond motifs is 7. The van der Waals surface area contributed by atoms with Crippen molar-refractivity contribution in [1.29, 1.82) is 0 Å². The molecule has 2 aliphatic carbocycles. The molecule has 5 aliphatic rings. The van der Waals surface area contributed by atoms with E-state index < -0.39 is 27.3 Å². The van der Waals surface area contributed by atoms with E-state index in [-0.39, 0.29) is 23.0 Å². The number of ether oxygens (including phenoxy) is 2. The number of carbonyl (C=O) groups excluding carboxylic acids is 1. The molecular weight excluding hydrogens is 576 g/mol. The molecule has 2 aromatic carbocycles. The van der Waals surface area contributed by atoms with Gasteiger partial charge in [-0.3, -0.25) is 4.79 Å². The van der Waals surface area contributed by atoms with Gasteiger partial charge in [0.25, 0.3) is 5.91 Å². The molecule has 3 heterocycles. The van der Waals surface area contributed by atoms with Gasteiger partial charge in [0, 0.05) is 41.9 Å². The molecule has 1 amide bonds. The molecule has 1 saturated carbocycles. The van der Waals surface area contributed by atoms with E-state index in [1.165, 1.54) is 17.2 Å². The number of nitrogens with zero attached hydrogens (tertiary/aromatic N) is 1. The number of nitrogens with one attached hydrogen (secondary N) is 1. The Morgan fingerprint density at radius 2 is 2.00 bits per heavy atom. The fraction of sp³-hybridized carbons (Fsp3) is 0.531. The summed E-state index contributed by atoms with van der Waals surface area (Å²) in [5, 5.41) is 12.1. The fourth-order valence-corrected chi connectivity index (χ4v) is 8.84. The number of rotatable bonds is 0. The summed E-state index contributed by atoms with van der Waals surface area (Å²) in [6.07, 6.45) is 8.83. The van der Waals surface area contributed by atoms with Gasteiger partial charge in [-0.15, -0.1) is 0 Å². The number of anilines is 1. The number of aliphatic hydroxyl groups is 1. The van der Waals surface area contributed by atoms with Gasteiger partial charge in [-0.2, -0.15) is 0 Å². The summed E-state index contributed by atoms with van der Waals surface area (Å²) in [6.45, 7) is 2.39. The van der Waals surface area contributed by atoms with Gasteiger partial charge in [0.05, 0.1) is 36.4 Å². The molecule has 0 aromatic heterocycles. The Morgan fingerprint density at radius 1 is 1.12 bits per heavy atom. The molecule has 10 heteroatoms. The molecule has 3 aliphatic heterocycles. The summed E-state index contributed by atoms with van der Waals surface area (Å²) < 4.78 is 40.6. The van der Waals surface area contributed by atoms with E-state index in [9.17, 15) is 18.3 Å². The third-order valence-corrected chi connectivity index (χ3v) is 11.5. The van der Waals surface area contributed by atoms with Crippen molar-refractivity contribution in [2.75, 3.05) is 37.0 Å². The van der Waals surface area contributed by atoms with Crippen LogP contribution in [-0.2, 0) is 26.6 Å². The lowest BCUT2D eigenvalue weighted by Gasteiger charge is -2.48. The average Bonchev–Trinajstić information content (AvgIpc) is 3.07. The largest absolute Gasteiger partial charge is 0.490 e. The SMILES string of the molecule is O=C1NS(=O)(=O)C/C=C/[C@]2(O)CCO[C@@H](C2)[C@@H]2CC[C@H]2CN2C[C@@]3(CCCc4cc(Cl)ccc43)COc3ccc1cc32. The third kappa shape index (κ3) is 5.23. The highest BCUT2D eigenvalue weighted by Gasteiger charge is 2.47. The summed E-state index contributed by atoms with van der Waals surface area (Å²) in [7, 11) is -3.96. The first-order chi connectivity index (χ1) is 20.1. The van der Waals surface area contributed by atoms with Crippen LogP contribution in [0.4, 0.5) is 5.69 Å². The Hall–Kier alpha value is -2.59. The first-order valence-corrected chi connectivity index (χ1v) is 17.0. The van der Waals surface area contributed by atoms with Crippen LogP contribution in [0.5, 0.6) is 5.75 Å². The van der Waals surface area contributed by atoms with Gasteiger partial charge >= 0.3 is 0 Å². The highest BCUT2D eigenvalue weighted by molar-refractivity contribution is 7.90. The molecule has 0 unspecified atom stereocenters. The van der Waals surface area contributed by atoms with Crippen molar-refractivity contribution in [2.45, 2.75) is 62.1 Å². The van der Waals surface area contributed by atoms with Gasteiger partial charge < -0.3 is 19.5 Å². The number of hydrogen-bond acceptors (Lipinski definition) is 7. The molecule has 2 aromatic rings. The topological polar surface area (TPSA) is 105 Å². The number of hydrogen-bond donors (Lipinski definition) is 2. The number of carbonyl (C=O) groups is 1. The highest BCUT2D eigenvalue weighted by atomic mass is 35.5. The second kappa shape index (κ2) is 10.5. The van der Waals surface area contributed by atoms with Crippen LogP contribution in [0, 0.1) is 11.8 Å². The Balaban J connectivity index is 1.30. The smallest absolute Gasteiger partial charge is 0.264 e. The maximum absolute atomic E-state index is 13.2. The molecular formula is C32H37ClN2O6S. The van der Waals surface area contributed by atoms with Crippen LogP contribution >= 0.6 is 11.6 Å². The lowest BCUT2D eigenvalue weighted by atomic mass is 9.66. The molecule has 4 bridgehead atoms. The van der Waals surface area contributed by atoms with Crippen LogP contribution in [0.1, 0.15) is 60.0 Å². The van der Waals surface area contributed by atoms with Gasteiger partial charge in [-0.25, -0.2) is 13.1 Å². The zero-order valence-corrected chi connectivity index (χ0v) is 25.1. The summed E-state index contributed by atoms with van der Waals surface area (Å²) >= 11 is 6.39. The first kappa shape index (κ1) is 28.2. The third-order valence-electron chi connectivity index (χ3n) is 10.1. The molecule has 1 saturated heterocycles. The van der Waals surface area contributed by atoms with E-state index >= 15 is 0 Å². The van der Waals surface area contributed by atoms with Crippen LogP contribution in [0.2, 0.25) is 5.02 Å². The molecule has 7 rings (SSSR count). The summed E-state index contributed by atoms with van der Waals surface area (Å²) in [4.78, 5) is 15.6. The van der Waals surface area contributed by atoms with E-state index in [4.69, 9.17) is 21.1 Å². The summed E-state index contributed by atoms with van der Waals surface area (Å²) in [5.74, 6) is 0.250. The monoisotopic (exact) mass is 612 g/mol. The summed E-state index contributed by atoms with van der Waals surface area (Å²) in [5.41, 5.74) is 2.20. The minimum atomic E-state index is -3.96. The van der Waals surface area contributed by atoms with Crippen molar-refractivity contribution >= 4 is 33.2 Å². The molecule has 0 radical (unpaired) electrons. The highest BCUT2D eigenvalue weighted by Crippen LogP contribution is 2.48. The normalized spacial score (nSPS) is 34.6. The van der Waals surface area contributed by atoms with E-state index in [1.54, 1.807) is 24.3 Å². The Kier molecular flexibility index (Phi) is 7.08. The minimum absolute atomic E-state index is 0.100. The zero-order valence-electron chi connectivity index (χ0n) is 23.6. The Morgan fingerprint density at radius 3 is 2.83 bits per heavy atom. The van der Waals surface area contributed by atoms with Crippen LogP contribution < -0.4 is 14.4 Å². The fourth-order valence-electron chi connectivity index (χ4n) is 7.81. The standard InChI is InChI=1S/C32H37ClN2O6S/c33-24-6-8-26-21(15-24)3-1-10-31(26)19-35-18-23-4-7-25(23)29-17-32(37,12-13-40-29)11-2-14-42(38,39)34-30(36)22-5-9-28(41-20-31)27(35)16-22/h2,5-6,8-9,11,15-16,23,25,29,37H,1,3-4,7,10,12-14,17-20H2,(H,34,36)/b11-2+/t23-,25+,29-,31-,32-/m0/s1. The van der Waals surface area contributed by atoms with Gasteiger partial charge in [-0.1, -0.05) is 29.8 Å². The van der Waals surface area contributed by atoms with E-state index in [0.717, 1.165) is 49.4 Å². The van der Waals surface area contributed by atoms with Gasteiger partial charge in [-0.05, 0) is 85.4 Å². The van der Waals surface area contributed by atoms with Crippen molar-refractivity contribution in [3.05, 3.63) is 70.3 Å².